The molecule has 2 unspecified atom stereocenters. The lowest BCUT2D eigenvalue weighted by Gasteiger charge is -2.43. The average Bonchev–Trinajstić information content (AvgIpc) is 3.26. The Morgan fingerprint density at radius 3 is 2.46 bits per heavy atom. The highest BCUT2D eigenvalue weighted by molar-refractivity contribution is 5.89. The van der Waals surface area contributed by atoms with Gasteiger partial charge in [-0.25, -0.2) is 0 Å². The van der Waals surface area contributed by atoms with Crippen molar-refractivity contribution in [3.63, 3.8) is 0 Å². The molecule has 0 spiro atoms. The Labute approximate surface area is 137 Å². The van der Waals surface area contributed by atoms with E-state index in [9.17, 15) is 22.8 Å². The SMILES string of the molecule is O=C(O)C1CC1C(=O)NCC1(c2cccc(C(F)(F)F)c2)CCC1. The molecule has 4 nitrogen and oxygen atoms in total. The monoisotopic (exact) mass is 341 g/mol. The van der Waals surface area contributed by atoms with Gasteiger partial charge in [-0.1, -0.05) is 24.6 Å². The summed E-state index contributed by atoms with van der Waals surface area (Å²) in [6.07, 6.45) is -1.75. The highest BCUT2D eigenvalue weighted by Crippen LogP contribution is 2.45. The minimum atomic E-state index is -4.40. The van der Waals surface area contributed by atoms with Gasteiger partial charge in [0.2, 0.25) is 5.91 Å². The molecule has 0 aromatic heterocycles. The molecule has 1 amide bonds. The Hall–Kier alpha value is -2.05. The zero-order valence-corrected chi connectivity index (χ0v) is 12.9. The number of alkyl halides is 3. The molecular weight excluding hydrogens is 323 g/mol. The van der Waals surface area contributed by atoms with Crippen molar-refractivity contribution in [3.05, 3.63) is 35.4 Å². The van der Waals surface area contributed by atoms with Crippen molar-refractivity contribution in [1.82, 2.24) is 5.32 Å². The fourth-order valence-corrected chi connectivity index (χ4v) is 3.34. The van der Waals surface area contributed by atoms with E-state index in [1.54, 1.807) is 6.07 Å². The molecule has 2 saturated carbocycles. The molecule has 7 heteroatoms. The van der Waals surface area contributed by atoms with Crippen LogP contribution in [0.15, 0.2) is 24.3 Å². The molecule has 1 aromatic rings. The lowest BCUT2D eigenvalue weighted by molar-refractivity contribution is -0.140. The topological polar surface area (TPSA) is 66.4 Å². The Balaban J connectivity index is 1.69. The van der Waals surface area contributed by atoms with Gasteiger partial charge < -0.3 is 10.4 Å². The number of hydrogen-bond acceptors (Lipinski definition) is 2. The summed E-state index contributed by atoms with van der Waals surface area (Å²) < 4.78 is 38.7. The maximum Gasteiger partial charge on any atom is 0.416 e. The van der Waals surface area contributed by atoms with Crippen LogP contribution in [-0.4, -0.2) is 23.5 Å². The molecule has 0 aliphatic heterocycles. The van der Waals surface area contributed by atoms with Gasteiger partial charge in [0.1, 0.15) is 0 Å². The number of carboxylic acids is 1. The molecule has 130 valence electrons. The van der Waals surface area contributed by atoms with Gasteiger partial charge in [-0.05, 0) is 30.9 Å². The highest BCUT2D eigenvalue weighted by Gasteiger charge is 2.49. The van der Waals surface area contributed by atoms with Crippen LogP contribution in [0.25, 0.3) is 0 Å². The van der Waals surface area contributed by atoms with E-state index in [1.165, 1.54) is 6.07 Å². The smallest absolute Gasteiger partial charge is 0.416 e. The molecule has 2 aliphatic carbocycles. The number of aliphatic carboxylic acids is 1. The van der Waals surface area contributed by atoms with Gasteiger partial charge in [0.05, 0.1) is 17.4 Å². The van der Waals surface area contributed by atoms with Gasteiger partial charge in [0.25, 0.3) is 0 Å². The Bertz CT molecular complexity index is 667. The van der Waals surface area contributed by atoms with Crippen molar-refractivity contribution in [2.45, 2.75) is 37.3 Å². The van der Waals surface area contributed by atoms with Gasteiger partial charge in [-0.2, -0.15) is 13.2 Å². The molecule has 2 N–H and O–H groups in total. The van der Waals surface area contributed by atoms with E-state index >= 15 is 0 Å². The van der Waals surface area contributed by atoms with E-state index < -0.39 is 35.0 Å². The van der Waals surface area contributed by atoms with Gasteiger partial charge in [0, 0.05) is 12.0 Å². The molecule has 2 aliphatic rings. The fraction of sp³-hybridized carbons (Fsp3) is 0.529. The van der Waals surface area contributed by atoms with Crippen molar-refractivity contribution >= 4 is 11.9 Å². The minimum absolute atomic E-state index is 0.246. The molecule has 0 bridgehead atoms. The third-order valence-electron chi connectivity index (χ3n) is 5.16. The second-order valence-corrected chi connectivity index (χ2v) is 6.72. The first-order valence-electron chi connectivity index (χ1n) is 7.91. The maximum atomic E-state index is 12.9. The average molecular weight is 341 g/mol. The molecule has 0 radical (unpaired) electrons. The lowest BCUT2D eigenvalue weighted by Crippen LogP contribution is -2.46. The quantitative estimate of drug-likeness (QED) is 0.865. The summed E-state index contributed by atoms with van der Waals surface area (Å²) in [4.78, 5) is 22.8. The van der Waals surface area contributed by atoms with E-state index in [4.69, 9.17) is 5.11 Å². The normalized spacial score (nSPS) is 24.8. The first kappa shape index (κ1) is 16.8. The second kappa shape index (κ2) is 5.79. The maximum absolute atomic E-state index is 12.9. The first-order valence-corrected chi connectivity index (χ1v) is 7.91. The first-order chi connectivity index (χ1) is 11.2. The van der Waals surface area contributed by atoms with Crippen LogP contribution in [0.1, 0.15) is 36.8 Å². The summed E-state index contributed by atoms with van der Waals surface area (Å²) in [7, 11) is 0. The zero-order valence-electron chi connectivity index (χ0n) is 12.9. The van der Waals surface area contributed by atoms with Gasteiger partial charge >= 0.3 is 12.1 Å². The lowest BCUT2D eigenvalue weighted by atomic mass is 9.64. The number of hydrogen-bond donors (Lipinski definition) is 2. The Kier molecular flexibility index (Phi) is 4.05. The van der Waals surface area contributed by atoms with Crippen molar-refractivity contribution in [1.29, 1.82) is 0 Å². The number of rotatable bonds is 5. The van der Waals surface area contributed by atoms with Crippen LogP contribution in [0.5, 0.6) is 0 Å². The van der Waals surface area contributed by atoms with Crippen LogP contribution in [0, 0.1) is 11.8 Å². The predicted octanol–water partition coefficient (Wildman–Crippen LogP) is 2.96. The number of halogens is 3. The van der Waals surface area contributed by atoms with Crippen LogP contribution in [0.4, 0.5) is 13.2 Å². The largest absolute Gasteiger partial charge is 0.481 e. The van der Waals surface area contributed by atoms with Crippen LogP contribution >= 0.6 is 0 Å². The van der Waals surface area contributed by atoms with E-state index in [0.717, 1.165) is 18.6 Å². The Morgan fingerprint density at radius 2 is 1.96 bits per heavy atom. The van der Waals surface area contributed by atoms with E-state index in [1.807, 2.05) is 0 Å². The third-order valence-corrected chi connectivity index (χ3v) is 5.16. The summed E-state index contributed by atoms with van der Waals surface area (Å²) in [5.74, 6) is -2.44. The molecule has 0 heterocycles. The van der Waals surface area contributed by atoms with Crippen LogP contribution in [-0.2, 0) is 21.2 Å². The zero-order chi connectivity index (χ0) is 17.5. The highest BCUT2D eigenvalue weighted by atomic mass is 19.4. The summed E-state index contributed by atoms with van der Waals surface area (Å²) in [6, 6.07) is 5.25. The van der Waals surface area contributed by atoms with Crippen LogP contribution < -0.4 is 5.32 Å². The molecule has 2 atom stereocenters. The molecule has 2 fully saturated rings. The van der Waals surface area contributed by atoms with Gasteiger partial charge in [-0.15, -0.1) is 0 Å². The van der Waals surface area contributed by atoms with Crippen molar-refractivity contribution in [3.8, 4) is 0 Å². The number of nitrogens with one attached hydrogen (secondary N) is 1. The standard InChI is InChI=1S/C17H18F3NO3/c18-17(19,20)11-4-1-3-10(7-11)16(5-2-6-16)9-21-14(22)12-8-13(12)15(23)24/h1,3-4,7,12-13H,2,5-6,8-9H2,(H,21,22)(H,23,24). The molecule has 1 aromatic carbocycles. The third kappa shape index (κ3) is 3.12. The molecule has 24 heavy (non-hydrogen) atoms. The van der Waals surface area contributed by atoms with Crippen molar-refractivity contribution in [2.75, 3.05) is 6.54 Å². The fourth-order valence-electron chi connectivity index (χ4n) is 3.34. The number of carbonyl (C=O) groups excluding carboxylic acids is 1. The summed E-state index contributed by atoms with van der Waals surface area (Å²) in [5, 5.41) is 11.6. The molecular formula is C17H18F3NO3. The van der Waals surface area contributed by atoms with Gasteiger partial charge in [0.15, 0.2) is 0 Å². The minimum Gasteiger partial charge on any atom is -0.481 e. The molecule has 0 saturated heterocycles. The number of carboxylic acid groups (broad SMARTS) is 1. The van der Waals surface area contributed by atoms with Crippen LogP contribution in [0.3, 0.4) is 0 Å². The predicted molar refractivity (Wildman–Crippen MR) is 79.2 cm³/mol. The summed E-state index contributed by atoms with van der Waals surface area (Å²) in [5.41, 5.74) is -0.593. The van der Waals surface area contributed by atoms with E-state index in [-0.39, 0.29) is 12.5 Å². The second-order valence-electron chi connectivity index (χ2n) is 6.72. The number of amides is 1. The van der Waals surface area contributed by atoms with Crippen molar-refractivity contribution < 1.29 is 27.9 Å². The Morgan fingerprint density at radius 1 is 1.25 bits per heavy atom. The molecule has 3 rings (SSSR count). The van der Waals surface area contributed by atoms with Crippen molar-refractivity contribution in [2.24, 2.45) is 11.8 Å². The van der Waals surface area contributed by atoms with Crippen LogP contribution in [0.2, 0.25) is 0 Å². The summed E-state index contributed by atoms with van der Waals surface area (Å²) in [6.45, 7) is 0.246. The van der Waals surface area contributed by atoms with E-state index in [0.29, 0.717) is 24.8 Å². The van der Waals surface area contributed by atoms with E-state index in [2.05, 4.69) is 5.32 Å². The number of carbonyl (C=O) groups is 2. The number of benzene rings is 1. The summed E-state index contributed by atoms with van der Waals surface area (Å²) >= 11 is 0. The van der Waals surface area contributed by atoms with Gasteiger partial charge in [-0.3, -0.25) is 9.59 Å².